The Labute approximate surface area is 228 Å². The van der Waals surface area contributed by atoms with Gasteiger partial charge in [-0.2, -0.15) is 0 Å². The number of nitrogens with one attached hydrogen (secondary N) is 2. The Kier molecular flexibility index (Phi) is 11.5. The van der Waals surface area contributed by atoms with E-state index in [2.05, 4.69) is 10.6 Å². The summed E-state index contributed by atoms with van der Waals surface area (Å²) in [4.78, 5) is 23.3. The van der Waals surface area contributed by atoms with Crippen LogP contribution >= 0.6 is 0 Å². The fourth-order valence-corrected chi connectivity index (χ4v) is 4.86. The van der Waals surface area contributed by atoms with E-state index < -0.39 is 124 Å². The fourth-order valence-electron chi connectivity index (χ4n) is 4.86. The van der Waals surface area contributed by atoms with Crippen LogP contribution in [0, 0.1) is 0 Å². The summed E-state index contributed by atoms with van der Waals surface area (Å²) < 4.78 is 27.5. The predicted octanol–water partition coefficient (Wildman–Crippen LogP) is -7.29. The minimum Gasteiger partial charge on any atom is -0.394 e. The zero-order chi connectivity index (χ0) is 29.9. The molecule has 0 unspecified atom stereocenters. The third kappa shape index (κ3) is 7.05. The molecule has 0 bridgehead atoms. The molecule has 0 aliphatic carbocycles. The molecular formula is C22H38N2O16. The van der Waals surface area contributed by atoms with Gasteiger partial charge in [-0.1, -0.05) is 0 Å². The van der Waals surface area contributed by atoms with Crippen molar-refractivity contribution in [3.05, 3.63) is 0 Å². The molecule has 15 atom stereocenters. The smallest absolute Gasteiger partial charge is 0.217 e. The van der Waals surface area contributed by atoms with E-state index in [1.165, 1.54) is 0 Å². The van der Waals surface area contributed by atoms with Gasteiger partial charge in [0.2, 0.25) is 11.8 Å². The van der Waals surface area contributed by atoms with E-state index in [4.69, 9.17) is 23.7 Å². The van der Waals surface area contributed by atoms with Gasteiger partial charge in [-0.15, -0.1) is 0 Å². The van der Waals surface area contributed by atoms with Crippen LogP contribution in [0.2, 0.25) is 0 Å². The third-order valence-electron chi connectivity index (χ3n) is 6.90. The highest BCUT2D eigenvalue weighted by molar-refractivity contribution is 5.73. The second-order valence-corrected chi connectivity index (χ2v) is 9.81. The molecule has 3 aliphatic heterocycles. The number of aliphatic hydroxyl groups excluding tert-OH is 9. The number of amides is 2. The van der Waals surface area contributed by atoms with E-state index in [9.17, 15) is 55.5 Å². The fraction of sp³-hybridized carbons (Fsp3) is 0.909. The van der Waals surface area contributed by atoms with Crippen LogP contribution in [-0.4, -0.2) is 170 Å². The molecule has 0 spiro atoms. The lowest BCUT2D eigenvalue weighted by atomic mass is 9.94. The summed E-state index contributed by atoms with van der Waals surface area (Å²) in [5, 5.41) is 96.9. The van der Waals surface area contributed by atoms with Crippen LogP contribution in [0.15, 0.2) is 0 Å². The average molecular weight is 587 g/mol. The van der Waals surface area contributed by atoms with Crippen LogP contribution in [0.5, 0.6) is 0 Å². The molecule has 0 radical (unpaired) electrons. The molecule has 18 nitrogen and oxygen atoms in total. The zero-order valence-electron chi connectivity index (χ0n) is 21.7. The Bertz CT molecular complexity index is 852. The first-order valence-corrected chi connectivity index (χ1v) is 12.6. The van der Waals surface area contributed by atoms with Gasteiger partial charge in [0.15, 0.2) is 18.9 Å². The van der Waals surface area contributed by atoms with E-state index in [0.717, 1.165) is 13.8 Å². The summed E-state index contributed by atoms with van der Waals surface area (Å²) in [7, 11) is 0. The predicted molar refractivity (Wildman–Crippen MR) is 124 cm³/mol. The first-order chi connectivity index (χ1) is 18.8. The lowest BCUT2D eigenvalue weighted by Gasteiger charge is -2.49. The Morgan fingerprint density at radius 3 is 1.65 bits per heavy atom. The second kappa shape index (κ2) is 14.0. The maximum atomic E-state index is 11.7. The minimum atomic E-state index is -1.95. The number of hydrogen-bond donors (Lipinski definition) is 11. The molecule has 3 aliphatic rings. The normalized spacial score (nSPS) is 46.0. The maximum absolute atomic E-state index is 11.7. The highest BCUT2D eigenvalue weighted by Gasteiger charge is 2.54. The molecule has 2 amide bonds. The second-order valence-electron chi connectivity index (χ2n) is 9.81. The van der Waals surface area contributed by atoms with E-state index in [0.29, 0.717) is 0 Å². The quantitative estimate of drug-likeness (QED) is 0.120. The van der Waals surface area contributed by atoms with Crippen LogP contribution < -0.4 is 10.6 Å². The SMILES string of the molecule is CC(=O)N[C@@H]1[C@@H](O[C@@H]2O[C@H](CO)[C@H](O[C@H]3O[C@H](CO)[C@H](O)[C@H](O)[C@H]3NC(C)=O)[C@H](O)[C@H]2O)[C@@H](O)[C@@H](CO)O[C@@H]1O. The largest absolute Gasteiger partial charge is 0.394 e. The summed E-state index contributed by atoms with van der Waals surface area (Å²) in [6.45, 7) is -0.101. The number of hydrogen-bond acceptors (Lipinski definition) is 16. The van der Waals surface area contributed by atoms with Crippen LogP contribution in [0.25, 0.3) is 0 Å². The molecule has 3 heterocycles. The van der Waals surface area contributed by atoms with Gasteiger partial charge in [-0.3, -0.25) is 9.59 Å². The van der Waals surface area contributed by atoms with Crippen LogP contribution in [0.3, 0.4) is 0 Å². The van der Waals surface area contributed by atoms with Crippen molar-refractivity contribution in [3.63, 3.8) is 0 Å². The van der Waals surface area contributed by atoms with Gasteiger partial charge in [-0.25, -0.2) is 0 Å². The topological polar surface area (TPSA) is 286 Å². The van der Waals surface area contributed by atoms with Gasteiger partial charge in [-0.05, 0) is 0 Å². The Morgan fingerprint density at radius 1 is 0.600 bits per heavy atom. The maximum Gasteiger partial charge on any atom is 0.217 e. The van der Waals surface area contributed by atoms with Crippen LogP contribution in [0.4, 0.5) is 0 Å². The summed E-state index contributed by atoms with van der Waals surface area (Å²) in [5.74, 6) is -1.28. The Morgan fingerprint density at radius 2 is 1.10 bits per heavy atom. The van der Waals surface area contributed by atoms with Gasteiger partial charge in [0.25, 0.3) is 0 Å². The van der Waals surface area contributed by atoms with E-state index >= 15 is 0 Å². The number of aliphatic hydroxyl groups is 9. The summed E-state index contributed by atoms with van der Waals surface area (Å²) >= 11 is 0. The van der Waals surface area contributed by atoms with Gasteiger partial charge in [0.05, 0.1) is 19.8 Å². The van der Waals surface area contributed by atoms with Crippen molar-refractivity contribution in [1.29, 1.82) is 0 Å². The summed E-state index contributed by atoms with van der Waals surface area (Å²) in [5.41, 5.74) is 0. The van der Waals surface area contributed by atoms with Gasteiger partial charge >= 0.3 is 0 Å². The van der Waals surface area contributed by atoms with Gasteiger partial charge in [0, 0.05) is 13.8 Å². The molecule has 0 aromatic carbocycles. The Hall–Kier alpha value is -1.62. The molecule has 0 saturated carbocycles. The molecule has 0 aromatic heterocycles. The number of carbonyl (C=O) groups excluding carboxylic acids is 2. The van der Waals surface area contributed by atoms with Gasteiger partial charge in [0.1, 0.15) is 73.1 Å². The standard InChI is InChI=1S/C22H38N2O16/c1-6(28)23-11-15(32)13(30)8(3-25)37-21(11)39-18-10(5-27)38-22(17(34)16(18)33)40-19-12(24-7(2)29)20(35)36-9(4-26)14(19)31/h8-22,25-27,30-35H,3-5H2,1-2H3,(H,23,28)(H,24,29)/t8-,9-,10-,11-,12-,13+,14+,15-,16-,17-,18+,19-,20+,21-,22+/m1/s1. The van der Waals surface area contributed by atoms with Crippen molar-refractivity contribution in [2.24, 2.45) is 0 Å². The molecule has 11 N–H and O–H groups in total. The number of ether oxygens (including phenoxy) is 5. The lowest BCUT2D eigenvalue weighted by molar-refractivity contribution is -0.364. The molecule has 18 heteroatoms. The molecule has 40 heavy (non-hydrogen) atoms. The highest BCUT2D eigenvalue weighted by atomic mass is 16.7. The first-order valence-electron chi connectivity index (χ1n) is 12.6. The van der Waals surface area contributed by atoms with E-state index in [1.54, 1.807) is 0 Å². The van der Waals surface area contributed by atoms with Crippen molar-refractivity contribution >= 4 is 11.8 Å². The van der Waals surface area contributed by atoms with Crippen LogP contribution in [-0.2, 0) is 33.3 Å². The zero-order valence-corrected chi connectivity index (χ0v) is 21.7. The lowest BCUT2D eigenvalue weighted by Crippen LogP contribution is -2.69. The van der Waals surface area contributed by atoms with Crippen LogP contribution in [0.1, 0.15) is 13.8 Å². The molecule has 3 fully saturated rings. The summed E-state index contributed by atoms with van der Waals surface area (Å²) in [6, 6.07) is -2.80. The molecular weight excluding hydrogens is 548 g/mol. The van der Waals surface area contributed by atoms with E-state index in [-0.39, 0.29) is 0 Å². The highest BCUT2D eigenvalue weighted by Crippen LogP contribution is 2.32. The van der Waals surface area contributed by atoms with Crippen molar-refractivity contribution in [3.8, 4) is 0 Å². The third-order valence-corrected chi connectivity index (χ3v) is 6.90. The van der Waals surface area contributed by atoms with Crippen molar-refractivity contribution in [1.82, 2.24) is 10.6 Å². The molecule has 3 saturated heterocycles. The molecule has 232 valence electrons. The molecule has 3 rings (SSSR count). The minimum absolute atomic E-state index is 0.641. The van der Waals surface area contributed by atoms with Crippen molar-refractivity contribution < 1.29 is 79.2 Å². The number of carbonyl (C=O) groups is 2. The molecule has 0 aromatic rings. The van der Waals surface area contributed by atoms with Crippen molar-refractivity contribution in [2.45, 2.75) is 106 Å². The number of rotatable bonds is 9. The Balaban J connectivity index is 1.81. The van der Waals surface area contributed by atoms with Crippen molar-refractivity contribution in [2.75, 3.05) is 19.8 Å². The van der Waals surface area contributed by atoms with Gasteiger partial charge < -0.3 is 80.3 Å². The first kappa shape index (κ1) is 32.9. The monoisotopic (exact) mass is 586 g/mol. The van der Waals surface area contributed by atoms with E-state index in [1.807, 2.05) is 0 Å². The average Bonchev–Trinajstić information content (AvgIpc) is 2.90. The summed E-state index contributed by atoms with van der Waals surface area (Å²) in [6.07, 6.45) is -21.2.